The van der Waals surface area contributed by atoms with Gasteiger partial charge in [-0.3, -0.25) is 4.79 Å². The number of benzene rings is 6. The number of hydrogen-bond donors (Lipinski definition) is 2. The highest BCUT2D eigenvalue weighted by Gasteiger charge is 2.37. The smallest absolute Gasteiger partial charge is 0.360 e. The summed E-state index contributed by atoms with van der Waals surface area (Å²) in [7, 11) is 0. The van der Waals surface area contributed by atoms with Crippen LogP contribution in [0.25, 0.3) is 0 Å². The molecule has 55 heavy (non-hydrogen) atoms. The molecule has 6 aromatic carbocycles. The molecule has 0 spiro atoms. The van der Waals surface area contributed by atoms with Crippen LogP contribution in [0.5, 0.6) is 0 Å². The van der Waals surface area contributed by atoms with Gasteiger partial charge in [0.25, 0.3) is 0 Å². The molecule has 1 aromatic heterocycles. The second kappa shape index (κ2) is 17.3. The lowest BCUT2D eigenvalue weighted by Gasteiger charge is -2.36. The van der Waals surface area contributed by atoms with E-state index in [9.17, 15) is 14.7 Å². The molecule has 0 saturated heterocycles. The number of nitrogens with zero attached hydrogens (tertiary/aromatic N) is 2. The summed E-state index contributed by atoms with van der Waals surface area (Å²) >= 11 is 1.27. The zero-order valence-electron chi connectivity index (χ0n) is 29.7. The Morgan fingerprint density at radius 3 is 1.60 bits per heavy atom. The Kier molecular flexibility index (Phi) is 11.5. The second-order valence-electron chi connectivity index (χ2n) is 12.7. The molecule has 0 saturated carbocycles. The molecule has 0 aliphatic carbocycles. The van der Waals surface area contributed by atoms with Crippen molar-refractivity contribution in [1.82, 2.24) is 4.98 Å². The summed E-state index contributed by atoms with van der Waals surface area (Å²) in [4.78, 5) is 36.3. The van der Waals surface area contributed by atoms with E-state index in [0.29, 0.717) is 16.3 Å². The van der Waals surface area contributed by atoms with E-state index in [0.717, 1.165) is 27.8 Å². The molecule has 7 aromatic rings. The van der Waals surface area contributed by atoms with Crippen LogP contribution >= 0.6 is 11.3 Å². The first-order valence-electron chi connectivity index (χ1n) is 17.7. The van der Waals surface area contributed by atoms with E-state index in [2.05, 4.69) is 46.9 Å². The Labute approximate surface area is 323 Å². The summed E-state index contributed by atoms with van der Waals surface area (Å²) in [6.07, 6.45) is -0.588. The minimum absolute atomic E-state index is 0.0156. The molecule has 0 unspecified atom stereocenters. The summed E-state index contributed by atoms with van der Waals surface area (Å²) < 4.78 is 6.04. The third-order valence-electron chi connectivity index (χ3n) is 9.15. The minimum atomic E-state index is -1.29. The van der Waals surface area contributed by atoms with Crippen LogP contribution in [-0.4, -0.2) is 27.7 Å². The van der Waals surface area contributed by atoms with Crippen LogP contribution in [0.4, 0.5) is 5.13 Å². The molecule has 0 aliphatic heterocycles. The van der Waals surface area contributed by atoms with E-state index in [1.807, 2.05) is 140 Å². The quantitative estimate of drug-likeness (QED) is 0.0466. The van der Waals surface area contributed by atoms with Gasteiger partial charge in [0.2, 0.25) is 5.71 Å². The molecule has 2 N–H and O–H groups in total. The number of nitrogens with one attached hydrogen (secondary N) is 1. The fourth-order valence-electron chi connectivity index (χ4n) is 6.53. The lowest BCUT2D eigenvalue weighted by molar-refractivity contribution is -0.146. The van der Waals surface area contributed by atoms with Gasteiger partial charge in [-0.05, 0) is 38.9 Å². The largest absolute Gasteiger partial charge is 0.476 e. The number of oxime groups is 1. The van der Waals surface area contributed by atoms with Crippen LogP contribution in [0, 0.1) is 0 Å². The number of thiazole rings is 1. The maximum Gasteiger partial charge on any atom is 0.360 e. The molecule has 0 amide bonds. The van der Waals surface area contributed by atoms with Crippen LogP contribution < -0.4 is 5.32 Å². The molecule has 7 rings (SSSR count). The second-order valence-corrected chi connectivity index (χ2v) is 13.5. The van der Waals surface area contributed by atoms with Gasteiger partial charge < -0.3 is 20.0 Å². The molecule has 0 fully saturated rings. The van der Waals surface area contributed by atoms with Gasteiger partial charge in [0.15, 0.2) is 11.2 Å². The molecular formula is C46H37N3O5S. The third-order valence-corrected chi connectivity index (χ3v) is 9.90. The van der Waals surface area contributed by atoms with Crippen molar-refractivity contribution in [3.63, 3.8) is 0 Å². The topological polar surface area (TPSA) is 110 Å². The van der Waals surface area contributed by atoms with E-state index < -0.39 is 23.6 Å². The minimum Gasteiger partial charge on any atom is -0.476 e. The van der Waals surface area contributed by atoms with Crippen LogP contribution in [0.1, 0.15) is 50.7 Å². The van der Waals surface area contributed by atoms with Gasteiger partial charge in [0.1, 0.15) is 17.8 Å². The van der Waals surface area contributed by atoms with Gasteiger partial charge in [-0.2, -0.15) is 0 Å². The maximum atomic E-state index is 13.4. The molecule has 1 heterocycles. The normalized spacial score (nSPS) is 11.5. The number of ether oxygens (including phenoxy) is 1. The van der Waals surface area contributed by atoms with Crippen molar-refractivity contribution in [2.45, 2.75) is 24.7 Å². The SMILES string of the molecule is O=C(Cc1ccccc1CON=C(C(=O)O)c1csc(NC(c2ccccc2)(c2ccccc2)c2ccccc2)n1)OC(c1ccccc1)c1ccccc1. The number of esters is 1. The summed E-state index contributed by atoms with van der Waals surface area (Å²) in [5, 5.41) is 20.1. The van der Waals surface area contributed by atoms with Crippen molar-refractivity contribution < 1.29 is 24.3 Å². The predicted molar refractivity (Wildman–Crippen MR) is 215 cm³/mol. The van der Waals surface area contributed by atoms with Crippen molar-refractivity contribution >= 4 is 34.1 Å². The van der Waals surface area contributed by atoms with Gasteiger partial charge in [0, 0.05) is 5.38 Å². The van der Waals surface area contributed by atoms with E-state index >= 15 is 0 Å². The number of anilines is 1. The van der Waals surface area contributed by atoms with E-state index in [4.69, 9.17) is 14.6 Å². The van der Waals surface area contributed by atoms with Crippen molar-refractivity contribution in [3.05, 3.63) is 226 Å². The monoisotopic (exact) mass is 743 g/mol. The van der Waals surface area contributed by atoms with Gasteiger partial charge in [0.05, 0.1) is 6.42 Å². The Bertz CT molecular complexity index is 2220. The zero-order valence-corrected chi connectivity index (χ0v) is 30.5. The number of aromatic nitrogens is 1. The maximum absolute atomic E-state index is 13.4. The number of carbonyl (C=O) groups excluding carboxylic acids is 1. The first-order chi connectivity index (χ1) is 27.0. The first-order valence-corrected chi connectivity index (χ1v) is 18.6. The average molecular weight is 744 g/mol. The van der Waals surface area contributed by atoms with Crippen LogP contribution in [0.15, 0.2) is 186 Å². The first kappa shape index (κ1) is 36.5. The third kappa shape index (κ3) is 8.53. The lowest BCUT2D eigenvalue weighted by Crippen LogP contribution is -2.38. The van der Waals surface area contributed by atoms with Gasteiger partial charge in [-0.1, -0.05) is 181 Å². The molecular weight excluding hydrogens is 707 g/mol. The Morgan fingerprint density at radius 2 is 1.11 bits per heavy atom. The van der Waals surface area contributed by atoms with Crippen LogP contribution in [0.2, 0.25) is 0 Å². The molecule has 0 radical (unpaired) electrons. The van der Waals surface area contributed by atoms with Crippen molar-refractivity contribution in [2.75, 3.05) is 5.32 Å². The predicted octanol–water partition coefficient (Wildman–Crippen LogP) is 9.43. The van der Waals surface area contributed by atoms with Crippen LogP contribution in [-0.2, 0) is 37.7 Å². The van der Waals surface area contributed by atoms with E-state index in [1.54, 1.807) is 5.38 Å². The zero-order chi connectivity index (χ0) is 37.9. The summed E-state index contributed by atoms with van der Waals surface area (Å²) in [6, 6.07) is 56.7. The van der Waals surface area contributed by atoms with Crippen molar-refractivity contribution in [2.24, 2.45) is 5.16 Å². The van der Waals surface area contributed by atoms with Crippen molar-refractivity contribution in [3.8, 4) is 0 Å². The number of carbonyl (C=O) groups is 2. The Morgan fingerprint density at radius 1 is 0.655 bits per heavy atom. The molecule has 0 atom stereocenters. The molecule has 0 aliphatic rings. The number of rotatable bonds is 15. The summed E-state index contributed by atoms with van der Waals surface area (Å²) in [6.45, 7) is -0.0740. The number of carboxylic acids is 1. The summed E-state index contributed by atoms with van der Waals surface area (Å²) in [5.41, 5.74) is 4.98. The lowest BCUT2D eigenvalue weighted by atomic mass is 9.77. The Hall–Kier alpha value is -6.84. The number of aliphatic carboxylic acids is 1. The van der Waals surface area contributed by atoms with Gasteiger partial charge in [-0.25, -0.2) is 9.78 Å². The standard InChI is InChI=1S/C46H37N3O5S/c50-41(54-43(33-18-6-1-7-19-33)34-20-8-2-9-21-34)30-35-22-16-17-23-36(35)31-53-49-42(44(51)52)40-32-55-45(47-40)48-46(37-24-10-3-11-25-37,38-26-12-4-13-27-38)39-28-14-5-15-29-39/h1-29,32,43H,30-31H2,(H,47,48)(H,51,52). The molecule has 0 bridgehead atoms. The van der Waals surface area contributed by atoms with Gasteiger partial charge >= 0.3 is 11.9 Å². The fraction of sp³-hybridized carbons (Fsp3) is 0.0870. The van der Waals surface area contributed by atoms with Gasteiger partial charge in [-0.15, -0.1) is 11.3 Å². The highest BCUT2D eigenvalue weighted by molar-refractivity contribution is 7.14. The van der Waals surface area contributed by atoms with Crippen LogP contribution in [0.3, 0.4) is 0 Å². The fourth-order valence-corrected chi connectivity index (χ4v) is 7.28. The summed E-state index contributed by atoms with van der Waals surface area (Å²) in [5.74, 6) is -1.71. The highest BCUT2D eigenvalue weighted by atomic mass is 32.1. The molecule has 272 valence electrons. The Balaban J connectivity index is 1.10. The average Bonchev–Trinajstić information content (AvgIpc) is 3.70. The number of hydrogen-bond acceptors (Lipinski definition) is 8. The number of carboxylic acid groups (broad SMARTS) is 1. The van der Waals surface area contributed by atoms with E-state index in [1.165, 1.54) is 11.3 Å². The van der Waals surface area contributed by atoms with E-state index in [-0.39, 0.29) is 24.4 Å². The highest BCUT2D eigenvalue weighted by Crippen LogP contribution is 2.40. The van der Waals surface area contributed by atoms with Crippen molar-refractivity contribution in [1.29, 1.82) is 0 Å². The molecule has 9 heteroatoms. The molecule has 8 nitrogen and oxygen atoms in total.